The zero-order valence-corrected chi connectivity index (χ0v) is 21.6. The maximum Gasteiger partial charge on any atom is 0.352 e. The van der Waals surface area contributed by atoms with E-state index in [-0.39, 0.29) is 41.1 Å². The van der Waals surface area contributed by atoms with Crippen LogP contribution in [0.1, 0.15) is 54.8 Å². The van der Waals surface area contributed by atoms with Crippen molar-refractivity contribution in [1.82, 2.24) is 24.1 Å². The van der Waals surface area contributed by atoms with Gasteiger partial charge in [0.05, 0.1) is 18.0 Å². The van der Waals surface area contributed by atoms with E-state index in [1.807, 2.05) is 27.7 Å². The van der Waals surface area contributed by atoms with Crippen LogP contribution in [0.5, 0.6) is 5.75 Å². The number of fused-ring (bicyclic) bond motifs is 3. The van der Waals surface area contributed by atoms with Gasteiger partial charge < -0.3 is 10.1 Å². The number of hydrogen-bond acceptors (Lipinski definition) is 6. The molecule has 0 fully saturated rings. The highest BCUT2D eigenvalue weighted by Crippen LogP contribution is 2.16. The summed E-state index contributed by atoms with van der Waals surface area (Å²) in [5, 5.41) is 7.52. The number of carbonyl (C=O) groups is 2. The molecule has 0 radical (unpaired) electrons. The van der Waals surface area contributed by atoms with Crippen LogP contribution in [0.4, 0.5) is 0 Å². The summed E-state index contributed by atoms with van der Waals surface area (Å²) in [5.41, 5.74) is 0.111. The summed E-state index contributed by atoms with van der Waals surface area (Å²) in [7, 11) is 1.54. The first-order valence-electron chi connectivity index (χ1n) is 12.2. The van der Waals surface area contributed by atoms with Crippen molar-refractivity contribution in [1.29, 1.82) is 0 Å². The Morgan fingerprint density at radius 2 is 1.68 bits per heavy atom. The lowest BCUT2D eigenvalue weighted by Gasteiger charge is -2.12. The molecule has 0 bridgehead atoms. The summed E-state index contributed by atoms with van der Waals surface area (Å²) in [6.07, 6.45) is 0.696. The van der Waals surface area contributed by atoms with Gasteiger partial charge in [0.1, 0.15) is 12.3 Å². The molecule has 0 unspecified atom stereocenters. The number of ether oxygens (including phenoxy) is 1. The molecule has 0 atom stereocenters. The smallest absolute Gasteiger partial charge is 0.352 e. The summed E-state index contributed by atoms with van der Waals surface area (Å²) in [6.45, 7) is 7.83. The van der Waals surface area contributed by atoms with Gasteiger partial charge in [0.2, 0.25) is 5.78 Å². The number of methoxy groups -OCH3 is 1. The van der Waals surface area contributed by atoms with Crippen LogP contribution in [0.3, 0.4) is 0 Å². The standard InChI is InChI=1S/C27H31N5O5/c1-16(2)12-13-30-25(35)21-11-8-19(24(34)28-17(3)4)14-22(21)32-26(30)29-31(27(32)36)15-23(33)18-6-9-20(37-5)10-7-18/h6-11,14,16-17H,12-13,15H2,1-5H3,(H,28,34). The number of rotatable bonds is 9. The molecular weight excluding hydrogens is 474 g/mol. The van der Waals surface area contributed by atoms with Gasteiger partial charge in [-0.15, -0.1) is 5.10 Å². The highest BCUT2D eigenvalue weighted by molar-refractivity contribution is 5.98. The fraction of sp³-hybridized carbons (Fsp3) is 0.370. The number of aryl methyl sites for hydroxylation is 1. The van der Waals surface area contributed by atoms with Gasteiger partial charge in [0.15, 0.2) is 5.78 Å². The summed E-state index contributed by atoms with van der Waals surface area (Å²) < 4.78 is 8.97. The summed E-state index contributed by atoms with van der Waals surface area (Å²) >= 11 is 0. The van der Waals surface area contributed by atoms with Crippen molar-refractivity contribution in [2.45, 2.75) is 53.2 Å². The molecule has 2 aromatic carbocycles. The van der Waals surface area contributed by atoms with E-state index >= 15 is 0 Å². The van der Waals surface area contributed by atoms with Crippen LogP contribution in [-0.4, -0.2) is 43.6 Å². The Balaban J connectivity index is 1.88. The van der Waals surface area contributed by atoms with Crippen LogP contribution in [0.2, 0.25) is 0 Å². The molecule has 37 heavy (non-hydrogen) atoms. The summed E-state index contributed by atoms with van der Waals surface area (Å²) in [4.78, 5) is 52.6. The fourth-order valence-corrected chi connectivity index (χ4v) is 4.10. The first kappa shape index (κ1) is 25.9. The molecular formula is C27H31N5O5. The number of benzene rings is 2. The topological polar surface area (TPSA) is 117 Å². The first-order chi connectivity index (χ1) is 17.6. The summed E-state index contributed by atoms with van der Waals surface area (Å²) in [5.74, 6) is 0.427. The maximum absolute atomic E-state index is 13.5. The minimum absolute atomic E-state index is 0.0818. The Morgan fingerprint density at radius 1 is 1.00 bits per heavy atom. The molecule has 2 aromatic heterocycles. The number of carbonyl (C=O) groups excluding carboxylic acids is 2. The van der Waals surface area contributed by atoms with Gasteiger partial charge >= 0.3 is 5.69 Å². The van der Waals surface area contributed by atoms with E-state index in [2.05, 4.69) is 10.4 Å². The Labute approximate surface area is 213 Å². The molecule has 0 spiro atoms. The molecule has 10 heteroatoms. The molecule has 0 aliphatic rings. The van der Waals surface area contributed by atoms with Gasteiger partial charge in [-0.1, -0.05) is 13.8 Å². The molecule has 4 aromatic rings. The molecule has 4 rings (SSSR count). The predicted octanol–water partition coefficient (Wildman–Crippen LogP) is 2.89. The number of amides is 1. The Hall–Kier alpha value is -4.21. The van der Waals surface area contributed by atoms with Gasteiger partial charge in [0.25, 0.3) is 11.5 Å². The molecule has 0 aliphatic heterocycles. The monoisotopic (exact) mass is 505 g/mol. The van der Waals surface area contributed by atoms with E-state index in [0.717, 1.165) is 4.68 Å². The Morgan fingerprint density at radius 3 is 2.30 bits per heavy atom. The van der Waals surface area contributed by atoms with Crippen molar-refractivity contribution in [2.24, 2.45) is 5.92 Å². The predicted molar refractivity (Wildman–Crippen MR) is 141 cm³/mol. The average Bonchev–Trinajstić information content (AvgIpc) is 3.18. The number of aromatic nitrogens is 4. The number of nitrogens with zero attached hydrogens (tertiary/aromatic N) is 4. The molecule has 10 nitrogen and oxygen atoms in total. The third-order valence-electron chi connectivity index (χ3n) is 6.10. The van der Waals surface area contributed by atoms with Crippen molar-refractivity contribution in [3.05, 3.63) is 74.4 Å². The van der Waals surface area contributed by atoms with Gasteiger partial charge in [-0.2, -0.15) is 0 Å². The minimum Gasteiger partial charge on any atom is -0.497 e. The van der Waals surface area contributed by atoms with Crippen molar-refractivity contribution in [3.8, 4) is 5.75 Å². The van der Waals surface area contributed by atoms with Gasteiger partial charge in [-0.3, -0.25) is 19.0 Å². The third-order valence-corrected chi connectivity index (χ3v) is 6.10. The maximum atomic E-state index is 13.5. The van der Waals surface area contributed by atoms with Crippen LogP contribution in [-0.2, 0) is 13.1 Å². The van der Waals surface area contributed by atoms with Crippen LogP contribution in [0.25, 0.3) is 16.7 Å². The lowest BCUT2D eigenvalue weighted by atomic mass is 10.1. The number of hydrogen-bond donors (Lipinski definition) is 1. The van der Waals surface area contributed by atoms with Crippen LogP contribution < -0.4 is 21.3 Å². The average molecular weight is 506 g/mol. The highest BCUT2D eigenvalue weighted by Gasteiger charge is 2.21. The Bertz CT molecular complexity index is 1590. The zero-order valence-electron chi connectivity index (χ0n) is 21.6. The molecule has 2 heterocycles. The second kappa shape index (κ2) is 10.4. The second-order valence-electron chi connectivity index (χ2n) is 9.73. The van der Waals surface area contributed by atoms with Crippen molar-refractivity contribution < 1.29 is 14.3 Å². The number of ketones is 1. The molecule has 0 saturated carbocycles. The fourth-order valence-electron chi connectivity index (χ4n) is 4.10. The largest absolute Gasteiger partial charge is 0.497 e. The van der Waals surface area contributed by atoms with E-state index in [9.17, 15) is 19.2 Å². The van der Waals surface area contributed by atoms with Crippen LogP contribution >= 0.6 is 0 Å². The van der Waals surface area contributed by atoms with E-state index < -0.39 is 5.69 Å². The van der Waals surface area contributed by atoms with Crippen LogP contribution in [0, 0.1) is 5.92 Å². The van der Waals surface area contributed by atoms with Crippen molar-refractivity contribution in [3.63, 3.8) is 0 Å². The highest BCUT2D eigenvalue weighted by atomic mass is 16.5. The van der Waals surface area contributed by atoms with Gasteiger partial charge in [-0.25, -0.2) is 13.9 Å². The van der Waals surface area contributed by atoms with Crippen LogP contribution in [0.15, 0.2) is 52.1 Å². The van der Waals surface area contributed by atoms with E-state index in [1.165, 1.54) is 22.1 Å². The van der Waals surface area contributed by atoms with E-state index in [4.69, 9.17) is 4.74 Å². The zero-order chi connectivity index (χ0) is 26.9. The normalized spacial score (nSPS) is 11.5. The third kappa shape index (κ3) is 5.18. The Kier molecular flexibility index (Phi) is 7.28. The van der Waals surface area contributed by atoms with Crippen molar-refractivity contribution in [2.75, 3.05) is 7.11 Å². The number of nitrogens with one attached hydrogen (secondary N) is 1. The molecule has 0 aliphatic carbocycles. The SMILES string of the molecule is COc1ccc(C(=O)Cn2nc3n(CCC(C)C)c(=O)c4ccc(C(=O)NC(C)C)cc4n3c2=O)cc1. The van der Waals surface area contributed by atoms with Gasteiger partial charge in [-0.05, 0) is 68.7 Å². The quantitative estimate of drug-likeness (QED) is 0.350. The lowest BCUT2D eigenvalue weighted by molar-refractivity contribution is 0.0940. The van der Waals surface area contributed by atoms with Gasteiger partial charge in [0, 0.05) is 23.7 Å². The lowest BCUT2D eigenvalue weighted by Crippen LogP contribution is -2.31. The molecule has 1 N–H and O–H groups in total. The van der Waals surface area contributed by atoms with E-state index in [1.54, 1.807) is 36.4 Å². The molecule has 0 saturated heterocycles. The summed E-state index contributed by atoms with van der Waals surface area (Å²) in [6, 6.07) is 11.1. The molecule has 194 valence electrons. The first-order valence-corrected chi connectivity index (χ1v) is 12.2. The minimum atomic E-state index is -0.568. The van der Waals surface area contributed by atoms with Crippen molar-refractivity contribution >= 4 is 28.4 Å². The second-order valence-corrected chi connectivity index (χ2v) is 9.73. The molecule has 1 amide bonds. The van der Waals surface area contributed by atoms with E-state index in [0.29, 0.717) is 41.1 Å². The number of Topliss-reactive ketones (excluding diaryl/α,β-unsaturated/α-hetero) is 1.